The van der Waals surface area contributed by atoms with E-state index in [1.54, 1.807) is 18.2 Å². The molecule has 0 saturated heterocycles. The molecular formula is C40H47N5O6. The fourth-order valence-corrected chi connectivity index (χ4v) is 6.69. The van der Waals surface area contributed by atoms with Crippen LogP contribution in [0.1, 0.15) is 85.5 Å². The predicted octanol–water partition coefficient (Wildman–Crippen LogP) is 7.93. The third kappa shape index (κ3) is 9.96. The van der Waals surface area contributed by atoms with Crippen molar-refractivity contribution in [2.45, 2.75) is 78.7 Å². The first-order chi connectivity index (χ1) is 24.3. The van der Waals surface area contributed by atoms with Crippen LogP contribution in [-0.4, -0.2) is 53.5 Å². The normalized spacial score (nSPS) is 17.7. The number of aliphatic imine (C=N–C) groups is 1. The van der Waals surface area contributed by atoms with E-state index < -0.39 is 23.6 Å². The summed E-state index contributed by atoms with van der Waals surface area (Å²) in [4.78, 5) is 55.5. The van der Waals surface area contributed by atoms with E-state index in [2.05, 4.69) is 25.9 Å². The van der Waals surface area contributed by atoms with E-state index in [0.29, 0.717) is 44.0 Å². The predicted molar refractivity (Wildman–Crippen MR) is 196 cm³/mol. The summed E-state index contributed by atoms with van der Waals surface area (Å²) in [5, 5.41) is 23.3. The average molecular weight is 694 g/mol. The summed E-state index contributed by atoms with van der Waals surface area (Å²) in [7, 11) is 0. The number of ether oxygens (including phenoxy) is 1. The molecule has 1 atom stereocenters. The van der Waals surface area contributed by atoms with Crippen molar-refractivity contribution < 1.29 is 29.0 Å². The number of aromatic carboxylic acids is 1. The number of benzene rings is 3. The molecular weight excluding hydrogens is 646 g/mol. The van der Waals surface area contributed by atoms with Gasteiger partial charge in [-0.25, -0.2) is 14.6 Å². The molecule has 0 bridgehead atoms. The van der Waals surface area contributed by atoms with Gasteiger partial charge in [-0.05, 0) is 131 Å². The lowest BCUT2D eigenvalue weighted by molar-refractivity contribution is -0.129. The van der Waals surface area contributed by atoms with Crippen molar-refractivity contribution in [2.75, 3.05) is 18.5 Å². The first kappa shape index (κ1) is 37.1. The number of carboxylic acids is 1. The number of hydrogen-bond acceptors (Lipinski definition) is 8. The molecule has 1 saturated carbocycles. The van der Waals surface area contributed by atoms with Gasteiger partial charge in [0.15, 0.2) is 12.5 Å². The molecule has 11 heteroatoms. The quantitative estimate of drug-likeness (QED) is 0.175. The van der Waals surface area contributed by atoms with Crippen LogP contribution < -0.4 is 10.6 Å². The number of azo groups is 1. The highest BCUT2D eigenvalue weighted by Gasteiger charge is 2.31. The zero-order valence-corrected chi connectivity index (χ0v) is 30.0. The highest BCUT2D eigenvalue weighted by atomic mass is 16.6. The Morgan fingerprint density at radius 1 is 0.882 bits per heavy atom. The Bertz CT molecular complexity index is 1820. The van der Waals surface area contributed by atoms with Crippen molar-refractivity contribution in [3.05, 3.63) is 88.5 Å². The molecule has 3 aromatic rings. The molecule has 268 valence electrons. The van der Waals surface area contributed by atoms with E-state index in [4.69, 9.17) is 4.74 Å². The smallest absolute Gasteiger partial charge is 0.407 e. The largest absolute Gasteiger partial charge is 0.478 e. The lowest BCUT2D eigenvalue weighted by atomic mass is 9.77. The Labute approximate surface area is 299 Å². The SMILES string of the molecule is Cc1c(C(=O)O)ccc(-c2ccc(C[C@H](CC(=O)C3CCC(CNC(=O)OC(C)(C)C)CC3)C(=O)Nc3ccc(C4=NCN=N4)cc3)cc2)c1C. The number of carbonyl (C=O) groups is 4. The van der Waals surface area contributed by atoms with Crippen LogP contribution in [0.5, 0.6) is 0 Å². The van der Waals surface area contributed by atoms with Gasteiger partial charge in [0.25, 0.3) is 0 Å². The van der Waals surface area contributed by atoms with Crippen LogP contribution in [0.2, 0.25) is 0 Å². The number of amidine groups is 1. The lowest BCUT2D eigenvalue weighted by Crippen LogP contribution is -2.37. The minimum atomic E-state index is -0.953. The molecule has 0 spiro atoms. The van der Waals surface area contributed by atoms with Crippen molar-refractivity contribution >= 4 is 35.3 Å². The fraction of sp³-hybridized carbons (Fsp3) is 0.425. The lowest BCUT2D eigenvalue weighted by Gasteiger charge is -2.29. The highest BCUT2D eigenvalue weighted by molar-refractivity contribution is 6.01. The van der Waals surface area contributed by atoms with Gasteiger partial charge in [0.1, 0.15) is 11.4 Å². The minimum Gasteiger partial charge on any atom is -0.478 e. The van der Waals surface area contributed by atoms with Crippen molar-refractivity contribution in [2.24, 2.45) is 33.0 Å². The van der Waals surface area contributed by atoms with Gasteiger partial charge in [0.2, 0.25) is 5.91 Å². The number of ketones is 1. The zero-order chi connectivity index (χ0) is 36.7. The van der Waals surface area contributed by atoms with Crippen molar-refractivity contribution in [1.29, 1.82) is 0 Å². The van der Waals surface area contributed by atoms with Crippen molar-refractivity contribution in [1.82, 2.24) is 5.32 Å². The molecule has 5 rings (SSSR count). The van der Waals surface area contributed by atoms with Gasteiger partial charge in [-0.3, -0.25) is 9.59 Å². The number of carbonyl (C=O) groups excluding carboxylic acids is 3. The number of anilines is 1. The summed E-state index contributed by atoms with van der Waals surface area (Å²) >= 11 is 0. The fourth-order valence-electron chi connectivity index (χ4n) is 6.69. The maximum absolute atomic E-state index is 13.8. The molecule has 2 amide bonds. The molecule has 1 heterocycles. The molecule has 1 aliphatic heterocycles. The first-order valence-corrected chi connectivity index (χ1v) is 17.5. The van der Waals surface area contributed by atoms with Gasteiger partial charge in [0, 0.05) is 36.1 Å². The highest BCUT2D eigenvalue weighted by Crippen LogP contribution is 2.32. The number of amides is 2. The number of nitrogens with zero attached hydrogens (tertiary/aromatic N) is 3. The van der Waals surface area contributed by atoms with Crippen molar-refractivity contribution in [3.63, 3.8) is 0 Å². The number of nitrogens with one attached hydrogen (secondary N) is 2. The van der Waals surface area contributed by atoms with Gasteiger partial charge < -0.3 is 20.5 Å². The van der Waals surface area contributed by atoms with Crippen molar-refractivity contribution in [3.8, 4) is 11.1 Å². The molecule has 1 aliphatic carbocycles. The molecule has 3 aromatic carbocycles. The maximum Gasteiger partial charge on any atom is 0.407 e. The third-order valence-electron chi connectivity index (χ3n) is 9.68. The molecule has 0 unspecified atom stereocenters. The van der Waals surface area contributed by atoms with Crippen LogP contribution in [0.15, 0.2) is 75.9 Å². The summed E-state index contributed by atoms with van der Waals surface area (Å²) in [6, 6.07) is 18.6. The van der Waals surface area contributed by atoms with E-state index in [-0.39, 0.29) is 35.5 Å². The monoisotopic (exact) mass is 693 g/mol. The van der Waals surface area contributed by atoms with Crippen LogP contribution in [0.4, 0.5) is 10.5 Å². The van der Waals surface area contributed by atoms with E-state index in [0.717, 1.165) is 46.2 Å². The molecule has 0 aromatic heterocycles. The second-order valence-corrected chi connectivity index (χ2v) is 14.5. The molecule has 0 radical (unpaired) electrons. The Morgan fingerprint density at radius 2 is 1.55 bits per heavy atom. The van der Waals surface area contributed by atoms with Gasteiger partial charge in [-0.2, -0.15) is 5.11 Å². The number of Topliss-reactive ketones (excluding diaryl/α,β-unsaturated/α-hetero) is 1. The number of carboxylic acid groups (broad SMARTS) is 1. The number of hydrogen-bond donors (Lipinski definition) is 3. The first-order valence-electron chi connectivity index (χ1n) is 17.5. The summed E-state index contributed by atoms with van der Waals surface area (Å²) in [6.07, 6.45) is 3.11. The molecule has 51 heavy (non-hydrogen) atoms. The summed E-state index contributed by atoms with van der Waals surface area (Å²) in [5.74, 6) is -1.02. The number of rotatable bonds is 12. The van der Waals surface area contributed by atoms with E-state index >= 15 is 0 Å². The second kappa shape index (κ2) is 16.2. The molecule has 1 fully saturated rings. The Kier molecular flexibility index (Phi) is 11.8. The van der Waals surface area contributed by atoms with Crippen LogP contribution in [-0.2, 0) is 20.7 Å². The minimum absolute atomic E-state index is 0.0786. The topological polar surface area (TPSA) is 159 Å². The summed E-state index contributed by atoms with van der Waals surface area (Å²) in [5.41, 5.74) is 5.56. The van der Waals surface area contributed by atoms with Gasteiger partial charge in [0.05, 0.1) is 5.56 Å². The summed E-state index contributed by atoms with van der Waals surface area (Å²) < 4.78 is 5.35. The van der Waals surface area contributed by atoms with E-state index in [9.17, 15) is 24.3 Å². The van der Waals surface area contributed by atoms with Crippen LogP contribution in [0, 0.1) is 31.6 Å². The Balaban J connectivity index is 1.26. The second-order valence-electron chi connectivity index (χ2n) is 14.5. The third-order valence-corrected chi connectivity index (χ3v) is 9.68. The molecule has 3 N–H and O–H groups in total. The van der Waals surface area contributed by atoms with E-state index in [1.165, 1.54) is 0 Å². The standard InChI is InChI=1S/C40H47N5O6/c1-24-25(2)34(38(48)49)19-18-33(24)28-10-6-26(7-11-28)20-31(37(47)44-32-16-14-30(15-17-32)36-42-23-43-45-36)21-35(46)29-12-8-27(9-13-29)22-41-39(50)51-40(3,4)5/h6-7,10-11,14-19,27,29,31H,8-9,12-13,20-23H2,1-5H3,(H,41,50)(H,44,47)(H,48,49)/t27?,29?,31-/m1/s1. The maximum atomic E-state index is 13.8. The van der Waals surface area contributed by atoms with Gasteiger partial charge in [-0.1, -0.05) is 30.3 Å². The number of alkyl carbamates (subject to hydrolysis) is 1. The Hall–Kier alpha value is -5.19. The van der Waals surface area contributed by atoms with Crippen LogP contribution in [0.25, 0.3) is 11.1 Å². The van der Waals surface area contributed by atoms with Gasteiger partial charge >= 0.3 is 12.1 Å². The summed E-state index contributed by atoms with van der Waals surface area (Å²) in [6.45, 7) is 10.0. The average Bonchev–Trinajstić information content (AvgIpc) is 3.64. The van der Waals surface area contributed by atoms with Crippen LogP contribution >= 0.6 is 0 Å². The molecule has 11 nitrogen and oxygen atoms in total. The van der Waals surface area contributed by atoms with Crippen LogP contribution in [0.3, 0.4) is 0 Å². The Morgan fingerprint density at radius 3 is 2.16 bits per heavy atom. The van der Waals surface area contributed by atoms with Gasteiger partial charge in [-0.15, -0.1) is 5.11 Å². The van der Waals surface area contributed by atoms with E-state index in [1.807, 2.05) is 77.1 Å². The zero-order valence-electron chi connectivity index (χ0n) is 30.0. The molecule has 2 aliphatic rings.